The Morgan fingerprint density at radius 1 is 1.29 bits per heavy atom. The molecule has 3 atom stereocenters. The van der Waals surface area contributed by atoms with Gasteiger partial charge in [0.25, 0.3) is 0 Å². The molecule has 10 heteroatoms. The van der Waals surface area contributed by atoms with Crippen LogP contribution in [0.1, 0.15) is 32.6 Å². The van der Waals surface area contributed by atoms with Crippen LogP contribution in [0.2, 0.25) is 0 Å². The molecule has 1 aromatic heterocycles. The third-order valence-corrected chi connectivity index (χ3v) is 6.01. The lowest BCUT2D eigenvalue weighted by atomic mass is 10.0. The molecule has 2 fully saturated rings. The van der Waals surface area contributed by atoms with Crippen molar-refractivity contribution in [2.24, 2.45) is 0 Å². The van der Waals surface area contributed by atoms with Gasteiger partial charge in [0.1, 0.15) is 0 Å². The third-order valence-electron chi connectivity index (χ3n) is 6.01. The maximum absolute atomic E-state index is 14.5. The van der Waals surface area contributed by atoms with E-state index >= 15 is 0 Å². The molecular weight excluding hydrogens is 399 g/mol. The van der Waals surface area contributed by atoms with Gasteiger partial charge in [0.05, 0.1) is 13.2 Å². The Balaban J connectivity index is 1.67. The smallest absolute Gasteiger partial charge is 0.236 e. The van der Waals surface area contributed by atoms with E-state index in [0.29, 0.717) is 23.6 Å². The summed E-state index contributed by atoms with van der Waals surface area (Å²) >= 11 is 0. The summed E-state index contributed by atoms with van der Waals surface area (Å²) in [7, 11) is 1.45. The Bertz CT molecular complexity index is 886. The molecule has 9 nitrogen and oxygen atoms in total. The average Bonchev–Trinajstić information content (AvgIpc) is 3.47. The van der Waals surface area contributed by atoms with Crippen molar-refractivity contribution in [3.05, 3.63) is 24.0 Å². The number of rotatable bonds is 8. The van der Waals surface area contributed by atoms with E-state index in [1.807, 2.05) is 11.0 Å². The summed E-state index contributed by atoms with van der Waals surface area (Å²) < 4.78 is 19.6. The molecule has 0 radical (unpaired) electrons. The van der Waals surface area contributed by atoms with Crippen LogP contribution in [0, 0.1) is 5.82 Å². The number of ether oxygens (including phenoxy) is 1. The van der Waals surface area contributed by atoms with Crippen LogP contribution >= 0.6 is 0 Å². The van der Waals surface area contributed by atoms with Crippen molar-refractivity contribution in [3.63, 3.8) is 0 Å². The lowest BCUT2D eigenvalue weighted by Gasteiger charge is -2.29. The molecule has 3 heterocycles. The van der Waals surface area contributed by atoms with Gasteiger partial charge >= 0.3 is 0 Å². The van der Waals surface area contributed by atoms with Crippen LogP contribution in [0.3, 0.4) is 0 Å². The molecule has 4 rings (SSSR count). The minimum atomic E-state index is -0.435. The van der Waals surface area contributed by atoms with Gasteiger partial charge in [-0.25, -0.2) is 4.39 Å². The number of nitrogens with one attached hydrogen (secondary N) is 3. The number of nitrogens with zero attached hydrogens (tertiary/aromatic N) is 4. The number of benzene rings is 1. The summed E-state index contributed by atoms with van der Waals surface area (Å²) in [6.07, 6.45) is 4.09. The lowest BCUT2D eigenvalue weighted by Crippen LogP contribution is -2.40. The molecule has 168 valence electrons. The first-order valence-corrected chi connectivity index (χ1v) is 10.9. The van der Waals surface area contributed by atoms with Crippen LogP contribution in [0.4, 0.5) is 27.9 Å². The molecular formula is C21H31FN8O. The van der Waals surface area contributed by atoms with Crippen molar-refractivity contribution in [2.45, 2.75) is 50.7 Å². The number of halogens is 1. The number of nitrogens with two attached hydrogens (primary N) is 1. The van der Waals surface area contributed by atoms with Gasteiger partial charge in [0, 0.05) is 30.4 Å². The van der Waals surface area contributed by atoms with Crippen LogP contribution < -0.4 is 31.3 Å². The zero-order valence-electron chi connectivity index (χ0n) is 18.1. The molecule has 0 amide bonds. The zero-order chi connectivity index (χ0) is 21.8. The highest BCUT2D eigenvalue weighted by Crippen LogP contribution is 2.31. The van der Waals surface area contributed by atoms with Gasteiger partial charge in [-0.15, -0.1) is 0 Å². The third kappa shape index (κ3) is 4.80. The first kappa shape index (κ1) is 21.5. The quantitative estimate of drug-likeness (QED) is 0.500. The zero-order valence-corrected chi connectivity index (χ0v) is 18.1. The van der Waals surface area contributed by atoms with Crippen LogP contribution in [-0.2, 0) is 0 Å². The number of methoxy groups -OCH3 is 1. The van der Waals surface area contributed by atoms with Crippen LogP contribution in [0.25, 0.3) is 0 Å². The SMILES string of the molecule is CCC(Nc1nc(N)nc(N(c2ccc(OC)c(F)c2)C2CCNC2)n1)C1CCCN1. The highest BCUT2D eigenvalue weighted by Gasteiger charge is 2.29. The summed E-state index contributed by atoms with van der Waals surface area (Å²) in [4.78, 5) is 15.3. The second-order valence-corrected chi connectivity index (χ2v) is 8.01. The number of nitrogen functional groups attached to an aromatic ring is 1. The van der Waals surface area contributed by atoms with Gasteiger partial charge in [-0.2, -0.15) is 15.0 Å². The van der Waals surface area contributed by atoms with E-state index in [4.69, 9.17) is 10.5 Å². The largest absolute Gasteiger partial charge is 0.494 e. The van der Waals surface area contributed by atoms with Crippen molar-refractivity contribution in [1.82, 2.24) is 25.6 Å². The molecule has 2 aliphatic rings. The maximum atomic E-state index is 14.5. The molecule has 2 aromatic rings. The van der Waals surface area contributed by atoms with Crippen molar-refractivity contribution >= 4 is 23.5 Å². The van der Waals surface area contributed by atoms with E-state index in [9.17, 15) is 4.39 Å². The Labute approximate surface area is 182 Å². The molecule has 0 aliphatic carbocycles. The van der Waals surface area contributed by atoms with Crippen LogP contribution in [0.15, 0.2) is 18.2 Å². The van der Waals surface area contributed by atoms with Crippen molar-refractivity contribution in [2.75, 3.05) is 42.7 Å². The predicted molar refractivity (Wildman–Crippen MR) is 119 cm³/mol. The van der Waals surface area contributed by atoms with E-state index in [0.717, 1.165) is 38.9 Å². The highest BCUT2D eigenvalue weighted by molar-refractivity contribution is 5.61. The van der Waals surface area contributed by atoms with Crippen molar-refractivity contribution in [1.29, 1.82) is 0 Å². The fraction of sp³-hybridized carbons (Fsp3) is 0.571. The first-order valence-electron chi connectivity index (χ1n) is 10.9. The van der Waals surface area contributed by atoms with Gasteiger partial charge in [0.2, 0.25) is 17.8 Å². The van der Waals surface area contributed by atoms with Crippen molar-refractivity contribution < 1.29 is 9.13 Å². The van der Waals surface area contributed by atoms with Gasteiger partial charge in [-0.1, -0.05) is 6.92 Å². The second-order valence-electron chi connectivity index (χ2n) is 8.01. The Hall–Kier alpha value is -2.72. The van der Waals surface area contributed by atoms with E-state index < -0.39 is 5.82 Å². The van der Waals surface area contributed by atoms with Gasteiger partial charge in [-0.3, -0.25) is 0 Å². The molecule has 1 aromatic carbocycles. The van der Waals surface area contributed by atoms with Gasteiger partial charge < -0.3 is 31.3 Å². The van der Waals surface area contributed by atoms with E-state index in [2.05, 4.69) is 37.8 Å². The summed E-state index contributed by atoms with van der Waals surface area (Å²) in [5, 5.41) is 10.3. The topological polar surface area (TPSA) is 113 Å². The predicted octanol–water partition coefficient (Wildman–Crippen LogP) is 2.04. The highest BCUT2D eigenvalue weighted by atomic mass is 19.1. The van der Waals surface area contributed by atoms with Crippen LogP contribution in [0.5, 0.6) is 5.75 Å². The number of anilines is 4. The summed E-state index contributed by atoms with van der Waals surface area (Å²) in [6.45, 7) is 4.78. The lowest BCUT2D eigenvalue weighted by molar-refractivity contribution is 0.386. The minimum Gasteiger partial charge on any atom is -0.494 e. The fourth-order valence-electron chi connectivity index (χ4n) is 4.42. The number of aromatic nitrogens is 3. The molecule has 31 heavy (non-hydrogen) atoms. The van der Waals surface area contributed by atoms with E-state index in [1.54, 1.807) is 6.07 Å². The summed E-state index contributed by atoms with van der Waals surface area (Å²) in [5.41, 5.74) is 6.71. The molecule has 0 bridgehead atoms. The molecule has 5 N–H and O–H groups in total. The second kappa shape index (κ2) is 9.61. The number of hydrogen-bond donors (Lipinski definition) is 4. The molecule has 3 unspecified atom stereocenters. The Morgan fingerprint density at radius 3 is 2.81 bits per heavy atom. The molecule has 2 aliphatic heterocycles. The fourth-order valence-corrected chi connectivity index (χ4v) is 4.42. The summed E-state index contributed by atoms with van der Waals surface area (Å²) in [6, 6.07) is 5.50. The first-order chi connectivity index (χ1) is 15.1. The summed E-state index contributed by atoms with van der Waals surface area (Å²) in [5.74, 6) is 0.734. The molecule has 0 saturated carbocycles. The Morgan fingerprint density at radius 2 is 2.16 bits per heavy atom. The normalized spacial score (nSPS) is 21.8. The standard InChI is InChI=1S/C21H31FN8O/c1-3-16(17-5-4-9-25-17)26-20-27-19(23)28-21(29-20)30(14-8-10-24-12-14)13-6-7-18(31-2)15(22)11-13/h6-7,11,14,16-17,24-25H,3-5,8-10,12H2,1-2H3,(H3,23,26,27,28,29). The number of hydrogen-bond acceptors (Lipinski definition) is 9. The molecule has 0 spiro atoms. The van der Waals surface area contributed by atoms with E-state index in [1.165, 1.54) is 19.6 Å². The Kier molecular flexibility index (Phi) is 6.67. The van der Waals surface area contributed by atoms with Crippen molar-refractivity contribution in [3.8, 4) is 5.75 Å². The van der Waals surface area contributed by atoms with Gasteiger partial charge in [0.15, 0.2) is 11.6 Å². The maximum Gasteiger partial charge on any atom is 0.236 e. The monoisotopic (exact) mass is 430 g/mol. The minimum absolute atomic E-state index is 0.0703. The van der Waals surface area contributed by atoms with Crippen LogP contribution in [-0.4, -0.2) is 59.8 Å². The average molecular weight is 431 g/mol. The van der Waals surface area contributed by atoms with E-state index in [-0.39, 0.29) is 23.8 Å². The molecule has 2 saturated heterocycles. The van der Waals surface area contributed by atoms with Gasteiger partial charge in [-0.05, 0) is 50.9 Å².